The smallest absolute Gasteiger partial charge is 0.223 e. The Labute approximate surface area is 87.7 Å². The highest BCUT2D eigenvalue weighted by atomic mass is 127. The highest BCUT2D eigenvalue weighted by Gasteiger charge is 2.05. The first-order chi connectivity index (χ1) is 5.81. The predicted octanol–water partition coefficient (Wildman–Crippen LogP) is 2.55. The van der Waals surface area contributed by atoms with Crippen molar-refractivity contribution in [3.05, 3.63) is 23.2 Å². The zero-order chi connectivity index (χ0) is 8.55. The molecule has 0 atom stereocenters. The molecule has 2 aromatic heterocycles. The first-order valence-electron chi connectivity index (χ1n) is 3.36. The van der Waals surface area contributed by atoms with Crippen molar-refractivity contribution in [2.45, 2.75) is 4.43 Å². The molecule has 0 unspecified atom stereocenters. The zero-order valence-corrected chi connectivity index (χ0v) is 8.93. The van der Waals surface area contributed by atoms with Gasteiger partial charge in [0.05, 0.1) is 16.7 Å². The summed E-state index contributed by atoms with van der Waals surface area (Å²) in [6, 6.07) is 1.89. The van der Waals surface area contributed by atoms with Crippen LogP contribution in [0.4, 0.5) is 0 Å². The molecule has 5 heteroatoms. The Morgan fingerprint density at radius 1 is 1.50 bits per heavy atom. The van der Waals surface area contributed by atoms with Gasteiger partial charge in [-0.15, -0.1) is 0 Å². The van der Waals surface area contributed by atoms with E-state index < -0.39 is 0 Å². The van der Waals surface area contributed by atoms with E-state index >= 15 is 0 Å². The molecule has 0 fully saturated rings. The van der Waals surface area contributed by atoms with Crippen LogP contribution in [0.25, 0.3) is 11.0 Å². The van der Waals surface area contributed by atoms with Gasteiger partial charge in [0.1, 0.15) is 0 Å². The Morgan fingerprint density at radius 2 is 2.33 bits per heavy atom. The van der Waals surface area contributed by atoms with E-state index in [2.05, 4.69) is 37.5 Å². The summed E-state index contributed by atoms with van der Waals surface area (Å²) in [5.41, 5.74) is 2.81. The largest absolute Gasteiger partial charge is 0.358 e. The van der Waals surface area contributed by atoms with Gasteiger partial charge in [0, 0.05) is 10.6 Å². The molecule has 1 N–H and O–H groups in total. The van der Waals surface area contributed by atoms with Crippen LogP contribution in [0.3, 0.4) is 0 Å². The molecule has 0 amide bonds. The van der Waals surface area contributed by atoms with Gasteiger partial charge < -0.3 is 4.98 Å². The summed E-state index contributed by atoms with van der Waals surface area (Å²) in [6.07, 6.45) is 1.84. The molecule has 62 valence electrons. The van der Waals surface area contributed by atoms with E-state index in [9.17, 15) is 0 Å². The van der Waals surface area contributed by atoms with Crippen molar-refractivity contribution in [3.8, 4) is 0 Å². The van der Waals surface area contributed by atoms with Gasteiger partial charge in [-0.1, -0.05) is 22.6 Å². The summed E-state index contributed by atoms with van der Waals surface area (Å²) in [4.78, 5) is 11.2. The molecule has 2 heterocycles. The lowest BCUT2D eigenvalue weighted by atomic mass is 10.3. The lowest BCUT2D eigenvalue weighted by Crippen LogP contribution is -1.90. The molecule has 0 aromatic carbocycles. The van der Waals surface area contributed by atoms with Gasteiger partial charge in [0.2, 0.25) is 5.28 Å². The summed E-state index contributed by atoms with van der Waals surface area (Å²) in [6.45, 7) is 0. The fourth-order valence-electron chi connectivity index (χ4n) is 1.07. The molecule has 0 bridgehead atoms. The number of nitrogens with zero attached hydrogens (tertiary/aromatic N) is 2. The lowest BCUT2D eigenvalue weighted by molar-refractivity contribution is 1.14. The Kier molecular flexibility index (Phi) is 2.18. The SMILES string of the molecule is Clc1nc(CI)c2[nH]ccc2n1. The molecule has 2 rings (SSSR count). The minimum Gasteiger partial charge on any atom is -0.358 e. The molecule has 0 aliphatic heterocycles. The van der Waals surface area contributed by atoms with Crippen molar-refractivity contribution in [1.29, 1.82) is 0 Å². The fourth-order valence-corrected chi connectivity index (χ4v) is 1.82. The lowest BCUT2D eigenvalue weighted by Gasteiger charge is -1.97. The van der Waals surface area contributed by atoms with E-state index in [1.54, 1.807) is 0 Å². The summed E-state index contributed by atoms with van der Waals surface area (Å²) in [5.74, 6) is 0. The third kappa shape index (κ3) is 1.29. The number of fused-ring (bicyclic) bond motifs is 1. The van der Waals surface area contributed by atoms with Crippen LogP contribution in [0.15, 0.2) is 12.3 Å². The number of alkyl halides is 1. The standard InChI is InChI=1S/C7H5ClIN3/c8-7-11-4-1-2-10-6(4)5(3-9)12-7/h1-2,10H,3H2. The van der Waals surface area contributed by atoms with E-state index in [1.807, 2.05) is 12.3 Å². The van der Waals surface area contributed by atoms with E-state index in [-0.39, 0.29) is 0 Å². The minimum absolute atomic E-state index is 0.314. The van der Waals surface area contributed by atoms with Crippen molar-refractivity contribution in [2.75, 3.05) is 0 Å². The molecule has 0 spiro atoms. The van der Waals surface area contributed by atoms with Crippen LogP contribution in [0, 0.1) is 0 Å². The molecule has 0 aliphatic carbocycles. The van der Waals surface area contributed by atoms with Gasteiger partial charge in [0.15, 0.2) is 0 Å². The number of aromatic nitrogens is 3. The van der Waals surface area contributed by atoms with Crippen LogP contribution >= 0.6 is 34.2 Å². The number of rotatable bonds is 1. The zero-order valence-electron chi connectivity index (χ0n) is 6.01. The second-order valence-corrected chi connectivity index (χ2v) is 3.41. The predicted molar refractivity (Wildman–Crippen MR) is 56.6 cm³/mol. The fraction of sp³-hybridized carbons (Fsp3) is 0.143. The summed E-state index contributed by atoms with van der Waals surface area (Å²) < 4.78 is 0.830. The van der Waals surface area contributed by atoms with Gasteiger partial charge in [-0.3, -0.25) is 0 Å². The van der Waals surface area contributed by atoms with E-state index in [1.165, 1.54) is 0 Å². The number of hydrogen-bond donors (Lipinski definition) is 1. The number of aromatic amines is 1. The molecule has 12 heavy (non-hydrogen) atoms. The van der Waals surface area contributed by atoms with E-state index in [4.69, 9.17) is 11.6 Å². The molecule has 0 saturated carbocycles. The van der Waals surface area contributed by atoms with E-state index in [0.29, 0.717) is 5.28 Å². The van der Waals surface area contributed by atoms with Crippen molar-refractivity contribution in [3.63, 3.8) is 0 Å². The molecule has 0 radical (unpaired) electrons. The minimum atomic E-state index is 0.314. The molecule has 0 aliphatic rings. The number of nitrogens with one attached hydrogen (secondary N) is 1. The van der Waals surface area contributed by atoms with Crippen molar-refractivity contribution < 1.29 is 0 Å². The molecule has 0 saturated heterocycles. The Morgan fingerprint density at radius 3 is 3.08 bits per heavy atom. The van der Waals surface area contributed by atoms with E-state index in [0.717, 1.165) is 21.2 Å². The summed E-state index contributed by atoms with van der Waals surface area (Å²) in [7, 11) is 0. The van der Waals surface area contributed by atoms with Crippen LogP contribution in [0.2, 0.25) is 5.28 Å². The van der Waals surface area contributed by atoms with Crippen molar-refractivity contribution in [2.24, 2.45) is 0 Å². The third-order valence-corrected chi connectivity index (χ3v) is 2.47. The maximum atomic E-state index is 5.72. The molecule has 3 nitrogen and oxygen atoms in total. The topological polar surface area (TPSA) is 41.6 Å². The van der Waals surface area contributed by atoms with Gasteiger partial charge in [0.25, 0.3) is 0 Å². The number of halogens is 2. The molecule has 2 aromatic rings. The van der Waals surface area contributed by atoms with Crippen molar-refractivity contribution in [1.82, 2.24) is 15.0 Å². The second kappa shape index (κ2) is 3.18. The second-order valence-electron chi connectivity index (χ2n) is 2.31. The maximum Gasteiger partial charge on any atom is 0.223 e. The first-order valence-corrected chi connectivity index (χ1v) is 5.27. The van der Waals surface area contributed by atoms with Gasteiger partial charge in [-0.2, -0.15) is 0 Å². The molecular weight excluding hydrogens is 288 g/mol. The van der Waals surface area contributed by atoms with Gasteiger partial charge in [-0.05, 0) is 17.7 Å². The van der Waals surface area contributed by atoms with Crippen LogP contribution in [-0.4, -0.2) is 15.0 Å². The average Bonchev–Trinajstić information content (AvgIpc) is 2.50. The Bertz CT molecular complexity index is 412. The van der Waals surface area contributed by atoms with Crippen LogP contribution < -0.4 is 0 Å². The Hall–Kier alpha value is -0.360. The van der Waals surface area contributed by atoms with Crippen molar-refractivity contribution >= 4 is 45.2 Å². The van der Waals surface area contributed by atoms with Gasteiger partial charge >= 0.3 is 0 Å². The highest BCUT2D eigenvalue weighted by Crippen LogP contribution is 2.17. The summed E-state index contributed by atoms with van der Waals surface area (Å²) >= 11 is 7.97. The van der Waals surface area contributed by atoms with Gasteiger partial charge in [-0.25, -0.2) is 9.97 Å². The number of hydrogen-bond acceptors (Lipinski definition) is 2. The third-order valence-electron chi connectivity index (χ3n) is 1.58. The molecular formula is C7H5ClIN3. The first kappa shape index (κ1) is 8.25. The Balaban J connectivity index is 2.80. The van der Waals surface area contributed by atoms with Crippen LogP contribution in [0.5, 0.6) is 0 Å². The van der Waals surface area contributed by atoms with Crippen LogP contribution in [-0.2, 0) is 4.43 Å². The maximum absolute atomic E-state index is 5.72. The highest BCUT2D eigenvalue weighted by molar-refractivity contribution is 14.1. The summed E-state index contributed by atoms with van der Waals surface area (Å²) in [5, 5.41) is 0.314. The quantitative estimate of drug-likeness (QED) is 0.499. The normalized spacial score (nSPS) is 10.8. The van der Waals surface area contributed by atoms with Crippen LogP contribution in [0.1, 0.15) is 5.69 Å². The monoisotopic (exact) mass is 293 g/mol. The number of H-pyrrole nitrogens is 1. The average molecular weight is 293 g/mol.